The van der Waals surface area contributed by atoms with Gasteiger partial charge in [0.25, 0.3) is 0 Å². The summed E-state index contributed by atoms with van der Waals surface area (Å²) in [5.74, 6) is -0.478. The molecule has 1 aliphatic carbocycles. The fraction of sp³-hybridized carbons (Fsp3) is 0.310. The van der Waals surface area contributed by atoms with Gasteiger partial charge >= 0.3 is 0 Å². The van der Waals surface area contributed by atoms with Crippen LogP contribution in [0.2, 0.25) is 0 Å². The number of allylic oxidation sites excluding steroid dienone is 2. The van der Waals surface area contributed by atoms with Crippen LogP contribution in [-0.4, -0.2) is 67.8 Å². The average Bonchev–Trinajstić information content (AvgIpc) is 3.18. The normalized spacial score (nSPS) is 22.9. The molecular formula is C42H44O9. The minimum absolute atomic E-state index is 0.0421. The molecule has 1 N–H and O–H groups in total. The van der Waals surface area contributed by atoms with E-state index in [1.807, 2.05) is 121 Å². The Morgan fingerprint density at radius 2 is 0.961 bits per heavy atom. The Hall–Kier alpha value is -4.61. The van der Waals surface area contributed by atoms with Gasteiger partial charge in [-0.2, -0.15) is 0 Å². The Bertz CT molecular complexity index is 1700. The van der Waals surface area contributed by atoms with Crippen LogP contribution < -0.4 is 0 Å². The van der Waals surface area contributed by atoms with E-state index < -0.39 is 41.9 Å². The van der Waals surface area contributed by atoms with Gasteiger partial charge in [0.05, 0.1) is 47.3 Å². The van der Waals surface area contributed by atoms with E-state index in [-0.39, 0.29) is 37.9 Å². The zero-order valence-electron chi connectivity index (χ0n) is 28.8. The highest BCUT2D eigenvalue weighted by atomic mass is 16.6. The van der Waals surface area contributed by atoms with Crippen molar-refractivity contribution in [2.75, 3.05) is 20.8 Å². The second-order valence-electron chi connectivity index (χ2n) is 12.5. The summed E-state index contributed by atoms with van der Waals surface area (Å²) in [7, 11) is 2.78. The molecule has 0 radical (unpaired) electrons. The fourth-order valence-corrected chi connectivity index (χ4v) is 6.48. The van der Waals surface area contributed by atoms with Crippen LogP contribution in [0.4, 0.5) is 0 Å². The minimum atomic E-state index is -2.07. The molecule has 0 aromatic heterocycles. The summed E-state index contributed by atoms with van der Waals surface area (Å²) < 4.78 is 44.8. The maximum absolute atomic E-state index is 12.7. The molecule has 0 bridgehead atoms. The SMILES string of the molecule is COC1=CC(=O)C=C(OC)C1(O)[C@@H]1OC(COCc2ccccc2)[C@@H](OCc2ccccc2)C(OCc2ccccc2)C1OCc1ccccc1. The molecule has 1 aliphatic heterocycles. The van der Waals surface area contributed by atoms with Gasteiger partial charge in [-0.1, -0.05) is 121 Å². The summed E-state index contributed by atoms with van der Waals surface area (Å²) in [6.45, 7) is 1.07. The Morgan fingerprint density at radius 1 is 0.569 bits per heavy atom. The van der Waals surface area contributed by atoms with Gasteiger partial charge in [-0.3, -0.25) is 4.79 Å². The maximum atomic E-state index is 12.7. The summed E-state index contributed by atoms with van der Waals surface area (Å²) in [4.78, 5) is 12.7. The lowest BCUT2D eigenvalue weighted by molar-refractivity contribution is -0.299. The third kappa shape index (κ3) is 8.83. The summed E-state index contributed by atoms with van der Waals surface area (Å²) in [5.41, 5.74) is 1.73. The first-order valence-corrected chi connectivity index (χ1v) is 17.0. The second kappa shape index (κ2) is 17.5. The number of hydrogen-bond acceptors (Lipinski definition) is 9. The zero-order valence-corrected chi connectivity index (χ0v) is 28.8. The molecule has 5 atom stereocenters. The van der Waals surface area contributed by atoms with Crippen molar-refractivity contribution < 1.29 is 43.1 Å². The lowest BCUT2D eigenvalue weighted by Crippen LogP contribution is -2.68. The highest BCUT2D eigenvalue weighted by Crippen LogP contribution is 2.43. The van der Waals surface area contributed by atoms with Crippen molar-refractivity contribution in [3.05, 3.63) is 167 Å². The van der Waals surface area contributed by atoms with Crippen molar-refractivity contribution >= 4 is 5.78 Å². The maximum Gasteiger partial charge on any atom is 0.208 e. The van der Waals surface area contributed by atoms with Crippen LogP contribution in [0.5, 0.6) is 0 Å². The van der Waals surface area contributed by atoms with Crippen LogP contribution in [0.1, 0.15) is 22.3 Å². The fourth-order valence-electron chi connectivity index (χ4n) is 6.48. The molecule has 0 spiro atoms. The zero-order chi connectivity index (χ0) is 35.5. The number of methoxy groups -OCH3 is 2. The number of hydrogen-bond donors (Lipinski definition) is 1. The van der Waals surface area contributed by atoms with Crippen LogP contribution in [0, 0.1) is 0 Å². The van der Waals surface area contributed by atoms with Gasteiger partial charge < -0.3 is 38.3 Å². The van der Waals surface area contributed by atoms with Gasteiger partial charge in [0.2, 0.25) is 5.60 Å². The van der Waals surface area contributed by atoms with Gasteiger partial charge in [0.1, 0.15) is 42.0 Å². The van der Waals surface area contributed by atoms with Crippen molar-refractivity contribution in [3.8, 4) is 0 Å². The van der Waals surface area contributed by atoms with Crippen LogP contribution in [-0.2, 0) is 64.4 Å². The summed E-state index contributed by atoms with van der Waals surface area (Å²) in [6.07, 6.45) is -1.99. The van der Waals surface area contributed by atoms with Gasteiger partial charge in [0.15, 0.2) is 5.78 Å². The number of carbonyl (C=O) groups excluding carboxylic acids is 1. The van der Waals surface area contributed by atoms with Gasteiger partial charge in [-0.15, -0.1) is 0 Å². The van der Waals surface area contributed by atoms with E-state index >= 15 is 0 Å². The number of carbonyl (C=O) groups is 1. The monoisotopic (exact) mass is 692 g/mol. The molecule has 9 heteroatoms. The third-order valence-corrected chi connectivity index (χ3v) is 9.03. The van der Waals surface area contributed by atoms with Crippen LogP contribution in [0.3, 0.4) is 0 Å². The van der Waals surface area contributed by atoms with E-state index in [2.05, 4.69) is 0 Å². The highest BCUT2D eigenvalue weighted by Gasteiger charge is 2.60. The van der Waals surface area contributed by atoms with Gasteiger partial charge in [-0.05, 0) is 22.3 Å². The van der Waals surface area contributed by atoms with Crippen molar-refractivity contribution in [1.29, 1.82) is 0 Å². The van der Waals surface area contributed by atoms with Crippen LogP contribution in [0.15, 0.2) is 145 Å². The Kier molecular flexibility index (Phi) is 12.5. The van der Waals surface area contributed by atoms with Gasteiger partial charge in [-0.25, -0.2) is 0 Å². The van der Waals surface area contributed by atoms with E-state index in [1.165, 1.54) is 26.4 Å². The molecule has 4 aromatic carbocycles. The minimum Gasteiger partial charge on any atom is -0.497 e. The molecule has 0 saturated carbocycles. The van der Waals surface area contributed by atoms with Crippen molar-refractivity contribution in [2.45, 2.75) is 62.5 Å². The number of aliphatic hydroxyl groups is 1. The number of rotatable bonds is 16. The number of ether oxygens (including phenoxy) is 7. The molecule has 0 amide bonds. The smallest absolute Gasteiger partial charge is 0.208 e. The molecule has 2 aliphatic rings. The Morgan fingerprint density at radius 3 is 1.39 bits per heavy atom. The number of benzene rings is 4. The van der Waals surface area contributed by atoms with Crippen molar-refractivity contribution in [1.82, 2.24) is 0 Å². The summed E-state index contributed by atoms with van der Waals surface area (Å²) in [5, 5.41) is 12.7. The Labute approximate surface area is 299 Å². The standard InChI is InChI=1S/C42H44O9/c1-45-36-23-34(43)24-37(46-2)42(36,44)41-40(50-28-33-21-13-6-14-22-33)39(49-27-32-19-11-5-12-20-32)38(48-26-31-17-9-4-10-18-31)35(51-41)29-47-25-30-15-7-3-8-16-30/h3-24,35,38-41,44H,25-29H2,1-2H3/t35?,38-,39?,40?,41-/m1/s1. The Balaban J connectivity index is 1.42. The largest absolute Gasteiger partial charge is 0.497 e. The lowest BCUT2D eigenvalue weighted by Gasteiger charge is -2.51. The highest BCUT2D eigenvalue weighted by molar-refractivity contribution is 6.01. The van der Waals surface area contributed by atoms with E-state index in [1.54, 1.807) is 0 Å². The molecule has 1 saturated heterocycles. The van der Waals surface area contributed by atoms with E-state index in [0.717, 1.165) is 22.3 Å². The van der Waals surface area contributed by atoms with E-state index in [9.17, 15) is 9.90 Å². The molecule has 51 heavy (non-hydrogen) atoms. The quantitative estimate of drug-likeness (QED) is 0.149. The van der Waals surface area contributed by atoms with Crippen molar-refractivity contribution in [3.63, 3.8) is 0 Å². The first kappa shape index (κ1) is 36.2. The van der Waals surface area contributed by atoms with Crippen LogP contribution >= 0.6 is 0 Å². The summed E-state index contributed by atoms with van der Waals surface area (Å²) in [6, 6.07) is 39.2. The predicted molar refractivity (Wildman–Crippen MR) is 190 cm³/mol. The number of ketones is 1. The molecule has 9 nitrogen and oxygen atoms in total. The molecule has 1 heterocycles. The molecule has 6 rings (SSSR count). The first-order chi connectivity index (χ1) is 25.0. The average molecular weight is 693 g/mol. The van der Waals surface area contributed by atoms with E-state index in [0.29, 0.717) is 6.61 Å². The molecule has 1 fully saturated rings. The first-order valence-electron chi connectivity index (χ1n) is 17.0. The lowest BCUT2D eigenvalue weighted by atomic mass is 9.79. The molecular weight excluding hydrogens is 648 g/mol. The van der Waals surface area contributed by atoms with Crippen molar-refractivity contribution in [2.24, 2.45) is 0 Å². The van der Waals surface area contributed by atoms with Gasteiger partial charge in [0, 0.05) is 12.2 Å². The molecule has 3 unspecified atom stereocenters. The summed E-state index contributed by atoms with van der Waals surface area (Å²) >= 11 is 0. The second-order valence-corrected chi connectivity index (χ2v) is 12.5. The topological polar surface area (TPSA) is 102 Å². The van der Waals surface area contributed by atoms with E-state index in [4.69, 9.17) is 33.2 Å². The molecule has 266 valence electrons. The molecule has 4 aromatic rings. The predicted octanol–water partition coefficient (Wildman–Crippen LogP) is 6.10. The third-order valence-electron chi connectivity index (χ3n) is 9.03. The van der Waals surface area contributed by atoms with Crippen LogP contribution in [0.25, 0.3) is 0 Å².